The molecule has 0 saturated heterocycles. The zero-order valence-electron chi connectivity index (χ0n) is 11.5. The van der Waals surface area contributed by atoms with Crippen molar-refractivity contribution in [1.82, 2.24) is 5.32 Å². The normalized spacial score (nSPS) is 17.9. The molecule has 1 unspecified atom stereocenters. The number of allylic oxidation sites excluding steroid dienone is 2. The van der Waals surface area contributed by atoms with Crippen molar-refractivity contribution in [3.05, 3.63) is 76.3 Å². The number of hydrogen-bond donors (Lipinski definition) is 1. The second-order valence-corrected chi connectivity index (χ2v) is 6.34. The first kappa shape index (κ1) is 13.8. The van der Waals surface area contributed by atoms with Gasteiger partial charge in [-0.2, -0.15) is 0 Å². The zero-order chi connectivity index (χ0) is 14.7. The number of benzene rings is 1. The van der Waals surface area contributed by atoms with E-state index in [0.717, 1.165) is 27.2 Å². The molecule has 21 heavy (non-hydrogen) atoms. The van der Waals surface area contributed by atoms with Crippen molar-refractivity contribution in [2.24, 2.45) is 0 Å². The maximum absolute atomic E-state index is 9.51. The summed E-state index contributed by atoms with van der Waals surface area (Å²) in [6.45, 7) is 0. The zero-order valence-corrected chi connectivity index (χ0v) is 13.3. The van der Waals surface area contributed by atoms with Crippen molar-refractivity contribution < 1.29 is 4.42 Å². The topological polar surface area (TPSA) is 49.0 Å². The molecule has 1 atom stereocenters. The molecule has 0 aliphatic carbocycles. The number of furan rings is 1. The summed E-state index contributed by atoms with van der Waals surface area (Å²) in [5.41, 5.74) is 2.91. The van der Waals surface area contributed by atoms with Crippen LogP contribution in [0, 0.1) is 11.3 Å². The Morgan fingerprint density at radius 3 is 2.62 bits per heavy atom. The van der Waals surface area contributed by atoms with Gasteiger partial charge in [0.1, 0.15) is 0 Å². The van der Waals surface area contributed by atoms with Crippen LogP contribution in [0.25, 0.3) is 5.70 Å². The van der Waals surface area contributed by atoms with E-state index in [4.69, 9.17) is 4.42 Å². The van der Waals surface area contributed by atoms with Crippen molar-refractivity contribution in [3.8, 4) is 6.07 Å². The summed E-state index contributed by atoms with van der Waals surface area (Å²) in [5, 5.41) is 12.9. The third-order valence-corrected chi connectivity index (χ3v) is 4.93. The summed E-state index contributed by atoms with van der Waals surface area (Å²) >= 11 is 0.212. The molecule has 3 nitrogen and oxygen atoms in total. The molecule has 4 heteroatoms. The summed E-state index contributed by atoms with van der Waals surface area (Å²) in [6, 6.07) is 16.3. The van der Waals surface area contributed by atoms with E-state index in [1.54, 1.807) is 6.26 Å². The summed E-state index contributed by atoms with van der Waals surface area (Å²) in [6.07, 6.45) is 3.72. The summed E-state index contributed by atoms with van der Waals surface area (Å²) < 4.78 is 6.55. The number of nitrogens with one attached hydrogen (secondary N) is 1. The Kier molecular flexibility index (Phi) is 3.96. The second-order valence-electron chi connectivity index (χ2n) is 4.62. The molecule has 0 spiro atoms. The van der Waals surface area contributed by atoms with E-state index in [2.05, 4.69) is 35.4 Å². The van der Waals surface area contributed by atoms with Crippen LogP contribution in [0.4, 0.5) is 0 Å². The van der Waals surface area contributed by atoms with Gasteiger partial charge in [-0.05, 0) is 0 Å². The third-order valence-electron chi connectivity index (χ3n) is 3.40. The Balaban J connectivity index is 2.08. The average Bonchev–Trinajstić information content (AvgIpc) is 3.08. The predicted molar refractivity (Wildman–Crippen MR) is 83.3 cm³/mol. The Hall–Kier alpha value is -2.21. The van der Waals surface area contributed by atoms with Crippen LogP contribution in [0.5, 0.6) is 0 Å². The number of dihydropyridines is 1. The van der Waals surface area contributed by atoms with Crippen LogP contribution >= 0.6 is 0 Å². The predicted octanol–water partition coefficient (Wildman–Crippen LogP) is 3.49. The average molecular weight is 341 g/mol. The van der Waals surface area contributed by atoms with Gasteiger partial charge in [-0.3, -0.25) is 0 Å². The minimum absolute atomic E-state index is 0.113. The first-order valence-electron chi connectivity index (χ1n) is 6.59. The van der Waals surface area contributed by atoms with Gasteiger partial charge in [-0.1, -0.05) is 0 Å². The van der Waals surface area contributed by atoms with Gasteiger partial charge in [0, 0.05) is 0 Å². The van der Waals surface area contributed by atoms with E-state index in [1.807, 2.05) is 30.3 Å². The van der Waals surface area contributed by atoms with Crippen LogP contribution in [0.3, 0.4) is 0 Å². The van der Waals surface area contributed by atoms with Crippen molar-refractivity contribution >= 4 is 20.7 Å². The minimum atomic E-state index is -0.113. The molecule has 2 heterocycles. The van der Waals surface area contributed by atoms with Gasteiger partial charge in [0.25, 0.3) is 0 Å². The first-order valence-corrected chi connectivity index (χ1v) is 9.16. The monoisotopic (exact) mass is 342 g/mol. The number of rotatable bonds is 3. The Labute approximate surface area is 130 Å². The molecule has 1 aromatic carbocycles. The first-order chi connectivity index (χ1) is 10.3. The van der Waals surface area contributed by atoms with E-state index in [9.17, 15) is 5.26 Å². The van der Waals surface area contributed by atoms with Gasteiger partial charge < -0.3 is 0 Å². The molecule has 0 saturated carbocycles. The second kappa shape index (κ2) is 6.05. The molecule has 0 radical (unpaired) electrons. The fourth-order valence-corrected chi connectivity index (χ4v) is 3.65. The molecule has 3 rings (SSSR count). The Morgan fingerprint density at radius 2 is 2.00 bits per heavy atom. The molecule has 1 N–H and O–H groups in total. The van der Waals surface area contributed by atoms with E-state index >= 15 is 0 Å². The molecular formula is C17H14N2OSe. The van der Waals surface area contributed by atoms with Crippen molar-refractivity contribution in [3.63, 3.8) is 0 Å². The molecular weight excluding hydrogens is 327 g/mol. The quantitative estimate of drug-likeness (QED) is 0.870. The summed E-state index contributed by atoms with van der Waals surface area (Å²) in [4.78, 5) is 0. The Morgan fingerprint density at radius 1 is 1.19 bits per heavy atom. The van der Waals surface area contributed by atoms with Crippen LogP contribution in [0.1, 0.15) is 17.2 Å². The third kappa shape index (κ3) is 2.67. The Bertz CT molecular complexity index is 724. The van der Waals surface area contributed by atoms with E-state index < -0.39 is 0 Å². The maximum atomic E-state index is 9.51. The van der Waals surface area contributed by atoms with Gasteiger partial charge >= 0.3 is 130 Å². The van der Waals surface area contributed by atoms with Gasteiger partial charge in [0.05, 0.1) is 0 Å². The molecule has 2 aromatic rings. The van der Waals surface area contributed by atoms with E-state index in [-0.39, 0.29) is 20.9 Å². The van der Waals surface area contributed by atoms with Crippen molar-refractivity contribution in [2.45, 2.75) is 11.7 Å². The fraction of sp³-hybridized carbons (Fsp3) is 0.118. The van der Waals surface area contributed by atoms with E-state index in [0.29, 0.717) is 0 Å². The van der Waals surface area contributed by atoms with Crippen molar-refractivity contribution in [2.75, 3.05) is 0 Å². The van der Waals surface area contributed by atoms with Crippen LogP contribution in [-0.4, -0.2) is 15.0 Å². The van der Waals surface area contributed by atoms with Crippen LogP contribution in [0.2, 0.25) is 5.82 Å². The summed E-state index contributed by atoms with van der Waals surface area (Å²) in [7, 11) is 0. The molecule has 1 aliphatic rings. The summed E-state index contributed by atoms with van der Waals surface area (Å²) in [5.74, 6) is 2.81. The standard InChI is InChI=1S/C17H14N2OSe/c1-21-17-14(11-18)13(16-8-5-9-20-16)10-15(19-17)12-6-3-2-4-7-12/h2-10,13,19H,1H3. The van der Waals surface area contributed by atoms with Crippen LogP contribution in [0.15, 0.2) is 69.4 Å². The number of nitrogens with zero attached hydrogens (tertiary/aromatic N) is 1. The van der Waals surface area contributed by atoms with Crippen LogP contribution in [-0.2, 0) is 0 Å². The molecule has 104 valence electrons. The van der Waals surface area contributed by atoms with Gasteiger partial charge in [-0.25, -0.2) is 0 Å². The number of nitriles is 1. The molecule has 0 bridgehead atoms. The van der Waals surface area contributed by atoms with Gasteiger partial charge in [-0.15, -0.1) is 0 Å². The number of hydrogen-bond acceptors (Lipinski definition) is 3. The molecule has 1 aromatic heterocycles. The fourth-order valence-electron chi connectivity index (χ4n) is 2.38. The van der Waals surface area contributed by atoms with Crippen molar-refractivity contribution in [1.29, 1.82) is 5.26 Å². The molecule has 0 fully saturated rings. The van der Waals surface area contributed by atoms with Gasteiger partial charge in [0.2, 0.25) is 0 Å². The molecule has 1 aliphatic heterocycles. The van der Waals surface area contributed by atoms with Gasteiger partial charge in [0.15, 0.2) is 0 Å². The van der Waals surface area contributed by atoms with E-state index in [1.165, 1.54) is 0 Å². The van der Waals surface area contributed by atoms with Crippen LogP contribution < -0.4 is 5.32 Å². The SMILES string of the molecule is C[Se]C1=C(C#N)C(c2ccco2)C=C(c2ccccc2)N1. The molecule has 0 amide bonds.